The number of rotatable bonds is 5. The van der Waals surface area contributed by atoms with Crippen molar-refractivity contribution < 1.29 is 18.7 Å². The van der Waals surface area contributed by atoms with Crippen LogP contribution in [0.1, 0.15) is 18.4 Å². The quantitative estimate of drug-likeness (QED) is 0.921. The van der Waals surface area contributed by atoms with Crippen LogP contribution in [0, 0.1) is 5.82 Å². The second-order valence-electron chi connectivity index (χ2n) is 5.28. The van der Waals surface area contributed by atoms with Crippen LogP contribution in [0.5, 0.6) is 11.6 Å². The van der Waals surface area contributed by atoms with Crippen molar-refractivity contribution in [1.29, 1.82) is 0 Å². The maximum absolute atomic E-state index is 12.9. The summed E-state index contributed by atoms with van der Waals surface area (Å²) in [5.74, 6) is 0.469. The monoisotopic (exact) mass is 316 g/mol. The zero-order valence-electron chi connectivity index (χ0n) is 12.5. The molecule has 1 amide bonds. The van der Waals surface area contributed by atoms with Gasteiger partial charge in [0, 0.05) is 25.4 Å². The molecule has 1 aliphatic heterocycles. The number of hydrogen-bond donors (Lipinski definition) is 1. The minimum atomic E-state index is -0.341. The summed E-state index contributed by atoms with van der Waals surface area (Å²) in [6.07, 6.45) is 2.95. The number of benzene rings is 1. The summed E-state index contributed by atoms with van der Waals surface area (Å²) in [7, 11) is 0. The minimum absolute atomic E-state index is 0.0969. The standard InChI is InChI=1S/C17H17FN2O3/c18-13-3-5-14(6-4-13)23-16-10-12(7-8-19-16)11-20-17(21)15-2-1-9-22-15/h3-8,10,15H,1-2,9,11H2,(H,20,21)/t15-/m0/s1. The molecule has 0 bridgehead atoms. The van der Waals surface area contributed by atoms with E-state index in [0.29, 0.717) is 24.8 Å². The van der Waals surface area contributed by atoms with Crippen LogP contribution in [-0.2, 0) is 16.1 Å². The highest BCUT2D eigenvalue weighted by Gasteiger charge is 2.22. The number of carbonyl (C=O) groups is 1. The first kappa shape index (κ1) is 15.4. The number of hydrogen-bond acceptors (Lipinski definition) is 4. The van der Waals surface area contributed by atoms with Gasteiger partial charge in [0.25, 0.3) is 0 Å². The van der Waals surface area contributed by atoms with Gasteiger partial charge in [-0.1, -0.05) is 0 Å². The van der Waals surface area contributed by atoms with Crippen LogP contribution in [-0.4, -0.2) is 23.6 Å². The number of nitrogens with zero attached hydrogens (tertiary/aromatic N) is 1. The molecule has 2 aromatic rings. The smallest absolute Gasteiger partial charge is 0.249 e. The number of carbonyl (C=O) groups excluding carboxylic acids is 1. The summed E-state index contributed by atoms with van der Waals surface area (Å²) in [4.78, 5) is 16.0. The molecule has 0 radical (unpaired) electrons. The van der Waals surface area contributed by atoms with Crippen LogP contribution >= 0.6 is 0 Å². The van der Waals surface area contributed by atoms with Crippen molar-refractivity contribution >= 4 is 5.91 Å². The fraction of sp³-hybridized carbons (Fsp3) is 0.294. The Morgan fingerprint density at radius 1 is 1.35 bits per heavy atom. The van der Waals surface area contributed by atoms with Gasteiger partial charge in [0.1, 0.15) is 17.7 Å². The molecule has 2 heterocycles. The molecule has 1 atom stereocenters. The number of halogens is 1. The third-order valence-electron chi connectivity index (χ3n) is 3.52. The largest absolute Gasteiger partial charge is 0.439 e. The summed E-state index contributed by atoms with van der Waals surface area (Å²) in [6.45, 7) is 1.02. The van der Waals surface area contributed by atoms with E-state index in [4.69, 9.17) is 9.47 Å². The van der Waals surface area contributed by atoms with Crippen molar-refractivity contribution in [3.05, 3.63) is 54.0 Å². The highest BCUT2D eigenvalue weighted by Crippen LogP contribution is 2.20. The lowest BCUT2D eigenvalue weighted by molar-refractivity contribution is -0.130. The maximum atomic E-state index is 12.9. The fourth-order valence-electron chi connectivity index (χ4n) is 2.33. The van der Waals surface area contributed by atoms with Gasteiger partial charge in [-0.05, 0) is 48.7 Å². The van der Waals surface area contributed by atoms with E-state index in [1.54, 1.807) is 18.3 Å². The van der Waals surface area contributed by atoms with Gasteiger partial charge >= 0.3 is 0 Å². The highest BCUT2D eigenvalue weighted by atomic mass is 19.1. The average molecular weight is 316 g/mol. The molecule has 1 N–H and O–H groups in total. The minimum Gasteiger partial charge on any atom is -0.439 e. The van der Waals surface area contributed by atoms with Gasteiger partial charge in [-0.25, -0.2) is 9.37 Å². The number of pyridine rings is 1. The second kappa shape index (κ2) is 7.19. The summed E-state index contributed by atoms with van der Waals surface area (Å²) in [5, 5.41) is 2.84. The van der Waals surface area contributed by atoms with Crippen molar-refractivity contribution in [2.75, 3.05) is 6.61 Å². The van der Waals surface area contributed by atoms with E-state index < -0.39 is 0 Å². The number of ether oxygens (including phenoxy) is 2. The molecule has 1 aromatic carbocycles. The van der Waals surface area contributed by atoms with Gasteiger partial charge in [0.15, 0.2) is 0 Å². The Kier molecular flexibility index (Phi) is 4.83. The Morgan fingerprint density at radius 2 is 2.17 bits per heavy atom. The van der Waals surface area contributed by atoms with E-state index in [-0.39, 0.29) is 17.8 Å². The highest BCUT2D eigenvalue weighted by molar-refractivity contribution is 5.80. The zero-order valence-corrected chi connectivity index (χ0v) is 12.5. The summed E-state index contributed by atoms with van der Waals surface area (Å²) in [6, 6.07) is 9.24. The average Bonchev–Trinajstić information content (AvgIpc) is 3.10. The molecule has 1 aromatic heterocycles. The van der Waals surface area contributed by atoms with Gasteiger partial charge in [-0.15, -0.1) is 0 Å². The van der Waals surface area contributed by atoms with E-state index in [0.717, 1.165) is 18.4 Å². The predicted octanol–water partition coefficient (Wildman–Crippen LogP) is 2.81. The van der Waals surface area contributed by atoms with Gasteiger partial charge in [-0.2, -0.15) is 0 Å². The first-order chi connectivity index (χ1) is 11.2. The number of aromatic nitrogens is 1. The van der Waals surface area contributed by atoms with Crippen LogP contribution in [0.2, 0.25) is 0 Å². The third-order valence-corrected chi connectivity index (χ3v) is 3.52. The molecule has 5 nitrogen and oxygen atoms in total. The van der Waals surface area contributed by atoms with Crippen molar-refractivity contribution in [1.82, 2.24) is 10.3 Å². The topological polar surface area (TPSA) is 60.5 Å². The van der Waals surface area contributed by atoms with Crippen LogP contribution < -0.4 is 10.1 Å². The molecule has 23 heavy (non-hydrogen) atoms. The van der Waals surface area contributed by atoms with Gasteiger partial charge < -0.3 is 14.8 Å². The molecule has 0 aliphatic carbocycles. The fourth-order valence-corrected chi connectivity index (χ4v) is 2.33. The lowest BCUT2D eigenvalue weighted by Crippen LogP contribution is -2.33. The number of amides is 1. The van der Waals surface area contributed by atoms with E-state index in [1.807, 2.05) is 0 Å². The van der Waals surface area contributed by atoms with Gasteiger partial charge in [0.2, 0.25) is 11.8 Å². The first-order valence-electron chi connectivity index (χ1n) is 7.48. The van der Waals surface area contributed by atoms with Gasteiger partial charge in [-0.3, -0.25) is 4.79 Å². The molecule has 3 rings (SSSR count). The molecule has 6 heteroatoms. The first-order valence-corrected chi connectivity index (χ1v) is 7.48. The normalized spacial score (nSPS) is 17.0. The molecule has 120 valence electrons. The Hall–Kier alpha value is -2.47. The molecular formula is C17H17FN2O3. The lowest BCUT2D eigenvalue weighted by atomic mass is 10.2. The summed E-state index contributed by atoms with van der Waals surface area (Å²) in [5.41, 5.74) is 0.864. The third kappa shape index (κ3) is 4.26. The molecule has 0 unspecified atom stereocenters. The Morgan fingerprint density at radius 3 is 2.91 bits per heavy atom. The molecule has 1 aliphatic rings. The molecule has 0 spiro atoms. The SMILES string of the molecule is O=C(NCc1ccnc(Oc2ccc(F)cc2)c1)[C@@H]1CCCO1. The Labute approximate surface area is 133 Å². The van der Waals surface area contributed by atoms with Crippen molar-refractivity contribution in [2.24, 2.45) is 0 Å². The molecule has 1 saturated heterocycles. The van der Waals surface area contributed by atoms with Gasteiger partial charge in [0.05, 0.1) is 0 Å². The van der Waals surface area contributed by atoms with E-state index in [1.165, 1.54) is 24.3 Å². The number of nitrogens with one attached hydrogen (secondary N) is 1. The van der Waals surface area contributed by atoms with E-state index in [2.05, 4.69) is 10.3 Å². The second-order valence-corrected chi connectivity index (χ2v) is 5.28. The van der Waals surface area contributed by atoms with Crippen molar-refractivity contribution in [2.45, 2.75) is 25.5 Å². The van der Waals surface area contributed by atoms with E-state index >= 15 is 0 Å². The molecule has 1 fully saturated rings. The Balaban J connectivity index is 1.58. The van der Waals surface area contributed by atoms with Crippen LogP contribution in [0.25, 0.3) is 0 Å². The van der Waals surface area contributed by atoms with Crippen LogP contribution in [0.4, 0.5) is 4.39 Å². The van der Waals surface area contributed by atoms with Crippen molar-refractivity contribution in [3.63, 3.8) is 0 Å². The lowest BCUT2D eigenvalue weighted by Gasteiger charge is -2.11. The van der Waals surface area contributed by atoms with Crippen molar-refractivity contribution in [3.8, 4) is 11.6 Å². The maximum Gasteiger partial charge on any atom is 0.249 e. The molecule has 0 saturated carbocycles. The van der Waals surface area contributed by atoms with Crippen LogP contribution in [0.15, 0.2) is 42.6 Å². The Bertz CT molecular complexity index is 670. The zero-order chi connectivity index (χ0) is 16.1. The van der Waals surface area contributed by atoms with E-state index in [9.17, 15) is 9.18 Å². The predicted molar refractivity (Wildman–Crippen MR) is 81.5 cm³/mol. The summed E-state index contributed by atoms with van der Waals surface area (Å²) < 4.78 is 23.8. The summed E-state index contributed by atoms with van der Waals surface area (Å²) >= 11 is 0. The van der Waals surface area contributed by atoms with Crippen LogP contribution in [0.3, 0.4) is 0 Å². The molecular weight excluding hydrogens is 299 g/mol.